The van der Waals surface area contributed by atoms with Gasteiger partial charge in [-0.15, -0.1) is 0 Å². The van der Waals surface area contributed by atoms with Crippen molar-refractivity contribution < 1.29 is 0 Å². The lowest BCUT2D eigenvalue weighted by atomic mass is 10.1. The molecule has 2 aromatic rings. The molecule has 0 aliphatic rings. The number of nitrogens with zero attached hydrogens (tertiary/aromatic N) is 1. The third-order valence-corrected chi connectivity index (χ3v) is 4.16. The van der Waals surface area contributed by atoms with Crippen molar-refractivity contribution in [1.29, 1.82) is 0 Å². The number of unbranched alkanes of at least 4 members (excludes halogenated alkanes) is 2. The van der Waals surface area contributed by atoms with Crippen molar-refractivity contribution in [2.24, 2.45) is 4.40 Å². The standard InChI is InChI=1S/C23H25NS/c1-2-3-4-11-20-25-24-23(18-16-21-12-7-5-8-13-21)19-17-22-14-9-6-10-15-22/h5-20H,2-4H2,1H3/b18-16+,19-17+,20-11+. The van der Waals surface area contributed by atoms with E-state index in [0.717, 1.165) is 12.1 Å². The van der Waals surface area contributed by atoms with Crippen molar-refractivity contribution in [3.8, 4) is 0 Å². The number of benzene rings is 2. The van der Waals surface area contributed by atoms with Crippen LogP contribution in [0.5, 0.6) is 0 Å². The predicted molar refractivity (Wildman–Crippen MR) is 115 cm³/mol. The molecule has 2 aromatic carbocycles. The summed E-state index contributed by atoms with van der Waals surface area (Å²) in [5, 5.41) is 2.07. The Bertz CT molecular complexity index is 661. The number of rotatable bonds is 9. The van der Waals surface area contributed by atoms with Crippen molar-refractivity contribution in [1.82, 2.24) is 0 Å². The maximum atomic E-state index is 4.62. The molecule has 0 N–H and O–H groups in total. The first-order valence-corrected chi connectivity index (χ1v) is 9.57. The van der Waals surface area contributed by atoms with Gasteiger partial charge in [0, 0.05) is 11.9 Å². The zero-order chi connectivity index (χ0) is 17.6. The van der Waals surface area contributed by atoms with E-state index >= 15 is 0 Å². The lowest BCUT2D eigenvalue weighted by Gasteiger charge is -1.96. The molecule has 0 amide bonds. The van der Waals surface area contributed by atoms with Crippen molar-refractivity contribution in [3.63, 3.8) is 0 Å². The highest BCUT2D eigenvalue weighted by Crippen LogP contribution is 2.10. The summed E-state index contributed by atoms with van der Waals surface area (Å²) in [6, 6.07) is 20.6. The van der Waals surface area contributed by atoms with Crippen LogP contribution in [0.25, 0.3) is 12.2 Å². The molecule has 0 aromatic heterocycles. The van der Waals surface area contributed by atoms with Crippen molar-refractivity contribution in [3.05, 3.63) is 95.4 Å². The first kappa shape index (κ1) is 19.0. The molecule has 1 nitrogen and oxygen atoms in total. The molecular formula is C23H25NS. The molecule has 0 spiro atoms. The van der Waals surface area contributed by atoms with Gasteiger partial charge in [-0.3, -0.25) is 0 Å². The summed E-state index contributed by atoms with van der Waals surface area (Å²) in [7, 11) is 0. The van der Waals surface area contributed by atoms with Crippen LogP contribution in [0.3, 0.4) is 0 Å². The van der Waals surface area contributed by atoms with Crippen LogP contribution in [0, 0.1) is 0 Å². The third-order valence-electron chi connectivity index (χ3n) is 3.53. The van der Waals surface area contributed by atoms with Gasteiger partial charge in [-0.25, -0.2) is 4.40 Å². The van der Waals surface area contributed by atoms with E-state index in [4.69, 9.17) is 0 Å². The Labute approximate surface area is 156 Å². The Hall–Kier alpha value is -2.32. The second-order valence-corrected chi connectivity index (χ2v) is 6.29. The highest BCUT2D eigenvalue weighted by Gasteiger charge is 1.91. The minimum Gasteiger partial charge on any atom is -0.212 e. The molecule has 0 bridgehead atoms. The van der Waals surface area contributed by atoms with Gasteiger partial charge in [-0.2, -0.15) is 0 Å². The largest absolute Gasteiger partial charge is 0.212 e. The van der Waals surface area contributed by atoms with Crippen LogP contribution in [0.15, 0.2) is 88.7 Å². The van der Waals surface area contributed by atoms with Crippen LogP contribution in [-0.4, -0.2) is 5.71 Å². The average molecular weight is 348 g/mol. The van der Waals surface area contributed by atoms with E-state index in [0.29, 0.717) is 0 Å². The van der Waals surface area contributed by atoms with Gasteiger partial charge in [0.15, 0.2) is 0 Å². The minimum absolute atomic E-state index is 0.942. The van der Waals surface area contributed by atoms with Crippen LogP contribution in [-0.2, 0) is 0 Å². The van der Waals surface area contributed by atoms with Gasteiger partial charge in [0.05, 0.1) is 5.71 Å². The first-order chi connectivity index (χ1) is 12.4. The zero-order valence-corrected chi connectivity index (χ0v) is 15.5. The highest BCUT2D eigenvalue weighted by atomic mass is 32.2. The number of allylic oxidation sites excluding steroid dienone is 3. The normalized spacial score (nSPS) is 11.6. The van der Waals surface area contributed by atoms with Gasteiger partial charge < -0.3 is 0 Å². The Balaban J connectivity index is 2.06. The van der Waals surface area contributed by atoms with Crippen LogP contribution >= 0.6 is 11.9 Å². The zero-order valence-electron chi connectivity index (χ0n) is 14.7. The van der Waals surface area contributed by atoms with Gasteiger partial charge in [-0.1, -0.05) is 98.7 Å². The van der Waals surface area contributed by atoms with Crippen molar-refractivity contribution >= 4 is 29.8 Å². The summed E-state index contributed by atoms with van der Waals surface area (Å²) in [5.74, 6) is 0. The minimum atomic E-state index is 0.942. The fraction of sp³-hybridized carbons (Fsp3) is 0.174. The van der Waals surface area contributed by atoms with Gasteiger partial charge in [0.1, 0.15) is 0 Å². The fourth-order valence-electron chi connectivity index (χ4n) is 2.13. The summed E-state index contributed by atoms with van der Waals surface area (Å²) in [4.78, 5) is 0. The second-order valence-electron chi connectivity index (χ2n) is 5.62. The van der Waals surface area contributed by atoms with E-state index in [1.807, 2.05) is 36.4 Å². The van der Waals surface area contributed by atoms with E-state index in [9.17, 15) is 0 Å². The molecule has 0 radical (unpaired) electrons. The molecule has 128 valence electrons. The monoisotopic (exact) mass is 347 g/mol. The van der Waals surface area contributed by atoms with Crippen LogP contribution in [0.1, 0.15) is 37.3 Å². The summed E-state index contributed by atoms with van der Waals surface area (Å²) in [6.07, 6.45) is 14.1. The molecule has 0 heterocycles. The topological polar surface area (TPSA) is 12.4 Å². The van der Waals surface area contributed by atoms with E-state index in [-0.39, 0.29) is 0 Å². The van der Waals surface area contributed by atoms with Gasteiger partial charge in [0.25, 0.3) is 0 Å². The molecule has 25 heavy (non-hydrogen) atoms. The maximum Gasteiger partial charge on any atom is 0.0717 e. The highest BCUT2D eigenvalue weighted by molar-refractivity contribution is 8.01. The van der Waals surface area contributed by atoms with Crippen LogP contribution < -0.4 is 0 Å². The molecule has 0 saturated carbocycles. The first-order valence-electron chi connectivity index (χ1n) is 8.73. The molecule has 0 unspecified atom stereocenters. The van der Waals surface area contributed by atoms with E-state index < -0.39 is 0 Å². The SMILES string of the molecule is CCCC/C=C/SN=C(/C=C/c1ccccc1)/C=C/c1ccccc1. The Morgan fingerprint density at radius 1 is 0.880 bits per heavy atom. The van der Waals surface area contributed by atoms with Gasteiger partial charge in [0.2, 0.25) is 0 Å². The maximum absolute atomic E-state index is 4.62. The Morgan fingerprint density at radius 2 is 1.44 bits per heavy atom. The molecule has 0 aliphatic carbocycles. The molecule has 0 atom stereocenters. The van der Waals surface area contributed by atoms with Crippen LogP contribution in [0.2, 0.25) is 0 Å². The quantitative estimate of drug-likeness (QED) is 0.265. The summed E-state index contributed by atoms with van der Waals surface area (Å²) < 4.78 is 4.62. The summed E-state index contributed by atoms with van der Waals surface area (Å²) in [5.41, 5.74) is 3.29. The average Bonchev–Trinajstić information content (AvgIpc) is 2.67. The van der Waals surface area contributed by atoms with Crippen molar-refractivity contribution in [2.75, 3.05) is 0 Å². The molecule has 0 fully saturated rings. The lowest BCUT2D eigenvalue weighted by Crippen LogP contribution is -1.86. The van der Waals surface area contributed by atoms with Crippen molar-refractivity contribution in [2.45, 2.75) is 26.2 Å². The van der Waals surface area contributed by atoms with Gasteiger partial charge in [-0.05, 0) is 35.1 Å². The summed E-state index contributed by atoms with van der Waals surface area (Å²) in [6.45, 7) is 2.21. The second kappa shape index (κ2) is 12.1. The smallest absolute Gasteiger partial charge is 0.0717 e. The Kier molecular flexibility index (Phi) is 9.20. The fourth-order valence-corrected chi connectivity index (χ4v) is 2.66. The summed E-state index contributed by atoms with van der Waals surface area (Å²) >= 11 is 1.49. The molecule has 2 heteroatoms. The number of hydrogen-bond donors (Lipinski definition) is 0. The van der Waals surface area contributed by atoms with E-state index in [1.54, 1.807) is 0 Å². The van der Waals surface area contributed by atoms with E-state index in [2.05, 4.69) is 71.4 Å². The molecule has 2 rings (SSSR count). The number of hydrogen-bond acceptors (Lipinski definition) is 2. The Morgan fingerprint density at radius 3 is 1.96 bits per heavy atom. The van der Waals surface area contributed by atoms with Gasteiger partial charge >= 0.3 is 0 Å². The molecule has 0 saturated heterocycles. The lowest BCUT2D eigenvalue weighted by molar-refractivity contribution is 0.815. The van der Waals surface area contributed by atoms with E-state index in [1.165, 1.54) is 35.9 Å². The molecule has 0 aliphatic heterocycles. The predicted octanol–water partition coefficient (Wildman–Crippen LogP) is 7.21. The van der Waals surface area contributed by atoms with Crippen LogP contribution in [0.4, 0.5) is 0 Å². The molecular weight excluding hydrogens is 322 g/mol. The third kappa shape index (κ3) is 8.37.